The zero-order chi connectivity index (χ0) is 28.4. The highest BCUT2D eigenvalue weighted by molar-refractivity contribution is 6.01. The molecule has 1 unspecified atom stereocenters. The Balaban J connectivity index is 1.37. The van der Waals surface area contributed by atoms with E-state index >= 15 is 4.39 Å². The molecule has 0 aromatic heterocycles. The van der Waals surface area contributed by atoms with Crippen molar-refractivity contribution in [3.05, 3.63) is 53.6 Å². The van der Waals surface area contributed by atoms with E-state index in [1.54, 1.807) is 32.1 Å². The summed E-state index contributed by atoms with van der Waals surface area (Å²) in [6.07, 6.45) is 3.96. The maximum atomic E-state index is 17.2. The molecule has 0 heterocycles. The van der Waals surface area contributed by atoms with Crippen molar-refractivity contribution >= 4 is 23.5 Å². The van der Waals surface area contributed by atoms with E-state index in [1.807, 2.05) is 0 Å². The molecule has 4 aliphatic carbocycles. The lowest BCUT2D eigenvalue weighted by atomic mass is 9.44. The normalized spacial score (nSPS) is 38.7. The largest absolute Gasteiger partial charge is 0.454 e. The number of fused-ring (bicyclic) bond motifs is 5. The van der Waals surface area contributed by atoms with Gasteiger partial charge in [0.05, 0.1) is 6.10 Å². The highest BCUT2D eigenvalue weighted by Gasteiger charge is 2.74. The van der Waals surface area contributed by atoms with Gasteiger partial charge in [-0.05, 0) is 69.2 Å². The number of Topliss-reactive ketones (excluding diaryl/α,β-unsaturated/α-hetero) is 1. The lowest BCUT2D eigenvalue weighted by molar-refractivity contribution is -0.217. The summed E-state index contributed by atoms with van der Waals surface area (Å²) in [5.41, 5.74) is -5.72. The zero-order valence-electron chi connectivity index (χ0n) is 22.2. The second-order valence-electron chi connectivity index (χ2n) is 11.8. The third-order valence-electron chi connectivity index (χ3n) is 9.95. The fourth-order valence-electron chi connectivity index (χ4n) is 7.88. The summed E-state index contributed by atoms with van der Waals surface area (Å²) in [4.78, 5) is 49.5. The van der Waals surface area contributed by atoms with Crippen molar-refractivity contribution in [2.75, 3.05) is 6.61 Å². The number of hydrogen-bond donors (Lipinski definition) is 2. The summed E-state index contributed by atoms with van der Waals surface area (Å²) < 4.78 is 27.4. The number of benzene rings is 1. The highest BCUT2D eigenvalue weighted by Crippen LogP contribution is 2.69. The molecule has 2 N–H and O–H groups in total. The van der Waals surface area contributed by atoms with Crippen LogP contribution in [0.25, 0.3) is 0 Å². The van der Waals surface area contributed by atoms with E-state index in [9.17, 15) is 29.4 Å². The first-order valence-corrected chi connectivity index (χ1v) is 13.3. The quantitative estimate of drug-likeness (QED) is 0.430. The third-order valence-corrected chi connectivity index (χ3v) is 9.95. The molecule has 0 radical (unpaired) electrons. The molecule has 1 aromatic rings. The van der Waals surface area contributed by atoms with Crippen LogP contribution in [0.15, 0.2) is 48.1 Å². The Morgan fingerprint density at radius 2 is 1.85 bits per heavy atom. The molecule has 0 amide bonds. The number of ether oxygens (including phenoxy) is 2. The molecule has 0 spiro atoms. The van der Waals surface area contributed by atoms with Gasteiger partial charge in [0.2, 0.25) is 5.78 Å². The molecule has 4 aliphatic rings. The minimum absolute atomic E-state index is 0.0126. The van der Waals surface area contributed by atoms with Crippen LogP contribution >= 0.6 is 0 Å². The molecule has 1 aromatic carbocycles. The van der Waals surface area contributed by atoms with Gasteiger partial charge in [-0.15, -0.1) is 0 Å². The van der Waals surface area contributed by atoms with Gasteiger partial charge in [0, 0.05) is 23.7 Å². The molecule has 8 nitrogen and oxygen atoms in total. The predicted molar refractivity (Wildman–Crippen MR) is 136 cm³/mol. The van der Waals surface area contributed by atoms with Crippen molar-refractivity contribution in [3.8, 4) is 5.75 Å². The van der Waals surface area contributed by atoms with E-state index < -0.39 is 64.4 Å². The minimum Gasteiger partial charge on any atom is -0.454 e. The average Bonchev–Trinajstić information content (AvgIpc) is 3.14. The van der Waals surface area contributed by atoms with Gasteiger partial charge >= 0.3 is 11.9 Å². The van der Waals surface area contributed by atoms with Gasteiger partial charge in [-0.3, -0.25) is 14.4 Å². The molecule has 0 bridgehead atoms. The topological polar surface area (TPSA) is 127 Å². The van der Waals surface area contributed by atoms with Gasteiger partial charge in [-0.25, -0.2) is 9.18 Å². The summed E-state index contributed by atoms with van der Waals surface area (Å²) in [5, 5.41) is 23.1. The van der Waals surface area contributed by atoms with Gasteiger partial charge in [0.1, 0.15) is 16.9 Å². The van der Waals surface area contributed by atoms with E-state index in [-0.39, 0.29) is 29.9 Å². The smallest absolute Gasteiger partial charge is 0.342 e. The number of esters is 2. The third kappa shape index (κ3) is 3.84. The highest BCUT2D eigenvalue weighted by atomic mass is 19.1. The number of carbonyl (C=O) groups is 4. The first-order chi connectivity index (χ1) is 18.3. The Hall–Kier alpha value is -3.17. The van der Waals surface area contributed by atoms with E-state index in [2.05, 4.69) is 0 Å². The molecule has 0 aliphatic heterocycles. The van der Waals surface area contributed by atoms with E-state index in [4.69, 9.17) is 9.47 Å². The Morgan fingerprint density at radius 1 is 1.13 bits per heavy atom. The second-order valence-corrected chi connectivity index (χ2v) is 11.8. The van der Waals surface area contributed by atoms with Crippen LogP contribution in [0.1, 0.15) is 63.2 Å². The van der Waals surface area contributed by atoms with Crippen LogP contribution in [-0.2, 0) is 19.1 Å². The van der Waals surface area contributed by atoms with Gasteiger partial charge in [0.25, 0.3) is 0 Å². The standard InChI is InChI=1S/C30H33FO8/c1-17(32)39-23-7-5-4-6-20(23)26(36)38-16-25(35)29(37)13-11-21-22-9-8-18-14-19(33)10-12-27(18,2)30(22,31)24(34)15-28(21,29)3/h4-7,10,12,14,21-22,24,34,37H,8-9,11,13,15-16H2,1-3H3/t21-,22-,24-,27-,28-,29-,30?/m0/s1. The van der Waals surface area contributed by atoms with Crippen molar-refractivity contribution in [1.29, 1.82) is 0 Å². The SMILES string of the molecule is CC(=O)Oc1ccccc1C(=O)OCC(=O)[C@@]1(O)CC[C@H]2[C@@H]3CCC4=CC(=O)C=C[C@]4(C)C3(F)[C@@H](O)C[C@@]21C. The number of allylic oxidation sites excluding steroid dienone is 4. The van der Waals surface area contributed by atoms with Crippen LogP contribution in [0.4, 0.5) is 4.39 Å². The monoisotopic (exact) mass is 540 g/mol. The number of hydrogen-bond acceptors (Lipinski definition) is 8. The maximum Gasteiger partial charge on any atom is 0.342 e. The number of alkyl halides is 1. The molecule has 7 atom stereocenters. The number of aliphatic hydroxyl groups excluding tert-OH is 1. The van der Waals surface area contributed by atoms with Crippen molar-refractivity contribution in [1.82, 2.24) is 0 Å². The predicted octanol–water partition coefficient (Wildman–Crippen LogP) is 3.44. The van der Waals surface area contributed by atoms with Gasteiger partial charge in [-0.1, -0.05) is 30.7 Å². The van der Waals surface area contributed by atoms with Crippen molar-refractivity contribution in [2.24, 2.45) is 22.7 Å². The first-order valence-electron chi connectivity index (χ1n) is 13.3. The Morgan fingerprint density at radius 3 is 2.56 bits per heavy atom. The number of ketones is 2. The molecule has 39 heavy (non-hydrogen) atoms. The Kier molecular flexibility index (Phi) is 6.46. The number of carbonyl (C=O) groups excluding carboxylic acids is 4. The number of halogens is 1. The van der Waals surface area contributed by atoms with Gasteiger partial charge in [0.15, 0.2) is 18.1 Å². The van der Waals surface area contributed by atoms with E-state index in [0.29, 0.717) is 24.8 Å². The molecule has 3 saturated carbocycles. The van der Waals surface area contributed by atoms with Crippen molar-refractivity contribution in [2.45, 2.75) is 70.2 Å². The van der Waals surface area contributed by atoms with Crippen LogP contribution < -0.4 is 4.74 Å². The van der Waals surface area contributed by atoms with Crippen LogP contribution in [0.2, 0.25) is 0 Å². The van der Waals surface area contributed by atoms with Crippen LogP contribution in [0.5, 0.6) is 5.75 Å². The Bertz CT molecular complexity index is 1320. The molecular weight excluding hydrogens is 507 g/mol. The fourth-order valence-corrected chi connectivity index (χ4v) is 7.88. The van der Waals surface area contributed by atoms with Crippen LogP contribution in [0, 0.1) is 22.7 Å². The van der Waals surface area contributed by atoms with Crippen LogP contribution in [0.3, 0.4) is 0 Å². The van der Waals surface area contributed by atoms with Crippen molar-refractivity contribution < 1.29 is 43.3 Å². The van der Waals surface area contributed by atoms with E-state index in [0.717, 1.165) is 0 Å². The average molecular weight is 541 g/mol. The van der Waals surface area contributed by atoms with Crippen molar-refractivity contribution in [3.63, 3.8) is 0 Å². The number of para-hydroxylation sites is 1. The van der Waals surface area contributed by atoms with E-state index in [1.165, 1.54) is 31.2 Å². The summed E-state index contributed by atoms with van der Waals surface area (Å²) in [6.45, 7) is 3.87. The minimum atomic E-state index is -2.07. The summed E-state index contributed by atoms with van der Waals surface area (Å²) >= 11 is 0. The molecule has 9 heteroatoms. The Labute approximate surface area is 225 Å². The summed E-state index contributed by atoms with van der Waals surface area (Å²) in [6, 6.07) is 5.94. The lowest BCUT2D eigenvalue weighted by Gasteiger charge is -2.62. The lowest BCUT2D eigenvalue weighted by Crippen LogP contribution is -2.69. The van der Waals surface area contributed by atoms with Gasteiger partial charge < -0.3 is 19.7 Å². The first kappa shape index (κ1) is 27.4. The molecular formula is C30H33FO8. The molecule has 5 rings (SSSR count). The molecule has 0 saturated heterocycles. The summed E-state index contributed by atoms with van der Waals surface area (Å²) in [7, 11) is 0. The summed E-state index contributed by atoms with van der Waals surface area (Å²) in [5.74, 6) is -3.52. The molecule has 3 fully saturated rings. The van der Waals surface area contributed by atoms with Gasteiger partial charge in [-0.2, -0.15) is 0 Å². The number of rotatable bonds is 5. The fraction of sp³-hybridized carbons (Fsp3) is 0.533. The molecule has 208 valence electrons. The zero-order valence-corrected chi connectivity index (χ0v) is 22.2. The second kappa shape index (κ2) is 9.20. The van der Waals surface area contributed by atoms with Crippen LogP contribution in [-0.4, -0.2) is 57.7 Å². The maximum absolute atomic E-state index is 17.2. The number of aliphatic hydroxyl groups is 2.